The molecule has 0 amide bonds. The number of hydrogen-bond acceptors (Lipinski definition) is 4. The Labute approximate surface area is 108 Å². The van der Waals surface area contributed by atoms with Crippen molar-refractivity contribution in [1.29, 1.82) is 0 Å². The van der Waals surface area contributed by atoms with Gasteiger partial charge in [0.05, 0.1) is 18.6 Å². The predicted octanol–water partition coefficient (Wildman–Crippen LogP) is 1.18. The minimum absolute atomic E-state index is 0.151. The van der Waals surface area contributed by atoms with E-state index in [4.69, 9.17) is 4.42 Å². The predicted molar refractivity (Wildman–Crippen MR) is 69.6 cm³/mol. The molecule has 1 heterocycles. The van der Waals surface area contributed by atoms with Gasteiger partial charge < -0.3 is 9.73 Å². The molecule has 0 bridgehead atoms. The zero-order valence-electron chi connectivity index (χ0n) is 10.6. The standard InChI is InChI=1S/C12H20N2O3S/c1-2-14(10-12-4-3-8-17-12)18(15,16)9-7-13-11-5-6-11/h3-4,8,11,13H,2,5-7,9-10H2,1H3. The van der Waals surface area contributed by atoms with Crippen LogP contribution in [0.2, 0.25) is 0 Å². The lowest BCUT2D eigenvalue weighted by Crippen LogP contribution is -2.36. The van der Waals surface area contributed by atoms with Gasteiger partial charge in [-0.25, -0.2) is 8.42 Å². The van der Waals surface area contributed by atoms with E-state index in [0.717, 1.165) is 0 Å². The van der Waals surface area contributed by atoms with Crippen LogP contribution in [0, 0.1) is 0 Å². The Kier molecular flexibility index (Phi) is 4.42. The van der Waals surface area contributed by atoms with Gasteiger partial charge in [-0.05, 0) is 25.0 Å². The molecule has 0 aromatic carbocycles. The first kappa shape index (κ1) is 13.6. The van der Waals surface area contributed by atoms with E-state index in [1.807, 2.05) is 6.92 Å². The van der Waals surface area contributed by atoms with E-state index >= 15 is 0 Å². The SMILES string of the molecule is CCN(Cc1ccco1)S(=O)(=O)CCNC1CC1. The zero-order chi connectivity index (χ0) is 13.0. The fourth-order valence-corrected chi connectivity index (χ4v) is 3.14. The smallest absolute Gasteiger partial charge is 0.215 e. The molecule has 0 saturated heterocycles. The Morgan fingerprint density at radius 2 is 2.28 bits per heavy atom. The maximum atomic E-state index is 12.1. The molecule has 1 aliphatic rings. The van der Waals surface area contributed by atoms with Crippen molar-refractivity contribution in [3.63, 3.8) is 0 Å². The van der Waals surface area contributed by atoms with Crippen molar-refractivity contribution in [2.75, 3.05) is 18.8 Å². The molecule has 0 atom stereocenters. The summed E-state index contributed by atoms with van der Waals surface area (Å²) in [4.78, 5) is 0. The van der Waals surface area contributed by atoms with Crippen molar-refractivity contribution in [1.82, 2.24) is 9.62 Å². The first-order chi connectivity index (χ1) is 8.62. The molecular formula is C12H20N2O3S. The molecule has 0 spiro atoms. The molecule has 1 aromatic rings. The zero-order valence-corrected chi connectivity index (χ0v) is 11.4. The van der Waals surface area contributed by atoms with Crippen LogP contribution in [0.4, 0.5) is 0 Å². The molecule has 18 heavy (non-hydrogen) atoms. The van der Waals surface area contributed by atoms with Crippen molar-refractivity contribution >= 4 is 10.0 Å². The average molecular weight is 272 g/mol. The van der Waals surface area contributed by atoms with Gasteiger partial charge in [0.15, 0.2) is 0 Å². The number of rotatable bonds is 8. The lowest BCUT2D eigenvalue weighted by Gasteiger charge is -2.19. The molecule has 102 valence electrons. The van der Waals surface area contributed by atoms with E-state index in [-0.39, 0.29) is 5.75 Å². The molecular weight excluding hydrogens is 252 g/mol. The second kappa shape index (κ2) is 5.86. The van der Waals surface area contributed by atoms with Gasteiger partial charge >= 0.3 is 0 Å². The summed E-state index contributed by atoms with van der Waals surface area (Å²) in [6.07, 6.45) is 3.90. The van der Waals surface area contributed by atoms with E-state index in [1.165, 1.54) is 17.1 Å². The van der Waals surface area contributed by atoms with E-state index in [9.17, 15) is 8.42 Å². The van der Waals surface area contributed by atoms with Crippen molar-refractivity contribution < 1.29 is 12.8 Å². The van der Waals surface area contributed by atoms with Crippen LogP contribution >= 0.6 is 0 Å². The van der Waals surface area contributed by atoms with Crippen molar-refractivity contribution in [3.05, 3.63) is 24.2 Å². The van der Waals surface area contributed by atoms with Crippen molar-refractivity contribution in [2.24, 2.45) is 0 Å². The highest BCUT2D eigenvalue weighted by Gasteiger charge is 2.24. The molecule has 1 aliphatic carbocycles. The molecule has 6 heteroatoms. The molecule has 5 nitrogen and oxygen atoms in total. The molecule has 1 saturated carbocycles. The number of nitrogens with zero attached hydrogens (tertiary/aromatic N) is 1. The van der Waals surface area contributed by atoms with Crippen molar-refractivity contribution in [3.8, 4) is 0 Å². The normalized spacial score (nSPS) is 16.3. The Morgan fingerprint density at radius 3 is 2.83 bits per heavy atom. The monoisotopic (exact) mass is 272 g/mol. The highest BCUT2D eigenvalue weighted by atomic mass is 32.2. The number of nitrogens with one attached hydrogen (secondary N) is 1. The van der Waals surface area contributed by atoms with E-state index in [2.05, 4.69) is 5.32 Å². The van der Waals surface area contributed by atoms with Gasteiger partial charge in [0.1, 0.15) is 5.76 Å². The molecule has 1 aromatic heterocycles. The van der Waals surface area contributed by atoms with Crippen molar-refractivity contribution in [2.45, 2.75) is 32.4 Å². The first-order valence-electron chi connectivity index (χ1n) is 6.35. The fourth-order valence-electron chi connectivity index (χ4n) is 1.79. The van der Waals surface area contributed by atoms with Gasteiger partial charge in [-0.1, -0.05) is 6.92 Å². The maximum absolute atomic E-state index is 12.1. The summed E-state index contributed by atoms with van der Waals surface area (Å²) in [5.74, 6) is 0.827. The van der Waals surface area contributed by atoms with Crippen LogP contribution in [0.15, 0.2) is 22.8 Å². The minimum atomic E-state index is -3.21. The van der Waals surface area contributed by atoms with Gasteiger partial charge in [0.25, 0.3) is 0 Å². The summed E-state index contributed by atoms with van der Waals surface area (Å²) in [5.41, 5.74) is 0. The van der Waals surface area contributed by atoms with Gasteiger partial charge in [0.2, 0.25) is 10.0 Å². The molecule has 2 rings (SSSR count). The van der Waals surface area contributed by atoms with Crippen LogP contribution in [0.3, 0.4) is 0 Å². The topological polar surface area (TPSA) is 62.6 Å². The Balaban J connectivity index is 1.87. The molecule has 1 fully saturated rings. The number of sulfonamides is 1. The second-order valence-electron chi connectivity index (χ2n) is 4.55. The second-order valence-corrected chi connectivity index (χ2v) is 6.64. The van der Waals surface area contributed by atoms with Gasteiger partial charge in [-0.3, -0.25) is 0 Å². The molecule has 1 N–H and O–H groups in total. The third kappa shape index (κ3) is 3.83. The van der Waals surface area contributed by atoms with Gasteiger partial charge in [-0.15, -0.1) is 0 Å². The summed E-state index contributed by atoms with van der Waals surface area (Å²) >= 11 is 0. The minimum Gasteiger partial charge on any atom is -0.468 e. The summed E-state index contributed by atoms with van der Waals surface area (Å²) in [5, 5.41) is 3.22. The van der Waals surface area contributed by atoms with Gasteiger partial charge in [0, 0.05) is 19.1 Å². The quantitative estimate of drug-likeness (QED) is 0.772. The summed E-state index contributed by atoms with van der Waals surface area (Å²) in [7, 11) is -3.21. The van der Waals surface area contributed by atoms with Crippen LogP contribution < -0.4 is 5.32 Å². The third-order valence-corrected chi connectivity index (χ3v) is 4.92. The number of furan rings is 1. The highest BCUT2D eigenvalue weighted by molar-refractivity contribution is 7.89. The molecule has 0 radical (unpaired) electrons. The van der Waals surface area contributed by atoms with Crippen LogP contribution in [0.5, 0.6) is 0 Å². The summed E-state index contributed by atoms with van der Waals surface area (Å²) < 4.78 is 30.9. The Morgan fingerprint density at radius 1 is 1.50 bits per heavy atom. The van der Waals surface area contributed by atoms with E-state index < -0.39 is 10.0 Å². The van der Waals surface area contributed by atoms with Crippen LogP contribution in [0.25, 0.3) is 0 Å². The maximum Gasteiger partial charge on any atom is 0.215 e. The van der Waals surface area contributed by atoms with E-state index in [1.54, 1.807) is 18.4 Å². The van der Waals surface area contributed by atoms with Crippen LogP contribution in [0.1, 0.15) is 25.5 Å². The summed E-state index contributed by atoms with van der Waals surface area (Å²) in [6.45, 7) is 3.15. The van der Waals surface area contributed by atoms with E-state index in [0.29, 0.717) is 31.4 Å². The highest BCUT2D eigenvalue weighted by Crippen LogP contribution is 2.18. The van der Waals surface area contributed by atoms with Crippen LogP contribution in [-0.4, -0.2) is 37.6 Å². The molecule has 0 aliphatic heterocycles. The fraction of sp³-hybridized carbons (Fsp3) is 0.667. The average Bonchev–Trinajstić information content (AvgIpc) is 3.01. The van der Waals surface area contributed by atoms with Gasteiger partial charge in [-0.2, -0.15) is 4.31 Å². The Bertz CT molecular complexity index is 452. The summed E-state index contributed by atoms with van der Waals surface area (Å²) in [6, 6.07) is 4.10. The largest absolute Gasteiger partial charge is 0.468 e. The van der Waals surface area contributed by atoms with Crippen LogP contribution in [-0.2, 0) is 16.6 Å². The molecule has 0 unspecified atom stereocenters. The lowest BCUT2D eigenvalue weighted by molar-refractivity contribution is 0.375. The lowest BCUT2D eigenvalue weighted by atomic mass is 10.4. The first-order valence-corrected chi connectivity index (χ1v) is 7.96. The Hall–Kier alpha value is -0.850. The number of hydrogen-bond donors (Lipinski definition) is 1. The third-order valence-electron chi connectivity index (χ3n) is 3.03.